The minimum Gasteiger partial charge on any atom is -0.478 e. The molecule has 0 saturated carbocycles. The first-order valence-corrected chi connectivity index (χ1v) is 9.15. The Morgan fingerprint density at radius 2 is 1.67 bits per heavy atom. The molecule has 2 rings (SSSR count). The molecule has 0 fully saturated rings. The van der Waals surface area contributed by atoms with Crippen molar-refractivity contribution < 1.29 is 31.5 Å². The smallest absolute Gasteiger partial charge is 0.416 e. The summed E-state index contributed by atoms with van der Waals surface area (Å²) in [4.78, 5) is 11.0. The summed E-state index contributed by atoms with van der Waals surface area (Å²) in [6, 6.07) is 7.37. The Kier molecular flexibility index (Phi) is 5.98. The molecule has 0 aliphatic rings. The van der Waals surface area contributed by atoms with Crippen LogP contribution in [0.3, 0.4) is 0 Å². The Labute approximate surface area is 158 Å². The maximum atomic E-state index is 12.7. The molecule has 10 heteroatoms. The quantitative estimate of drug-likeness (QED) is 0.693. The predicted molar refractivity (Wildman–Crippen MR) is 92.7 cm³/mol. The van der Waals surface area contributed by atoms with Crippen LogP contribution in [0.1, 0.15) is 17.2 Å². The normalized spacial score (nSPS) is 13.2. The van der Waals surface area contributed by atoms with Gasteiger partial charge in [-0.25, -0.2) is 13.2 Å². The minimum atomic E-state index is -4.59. The molecule has 2 aromatic rings. The van der Waals surface area contributed by atoms with E-state index in [0.717, 1.165) is 24.3 Å². The molecule has 0 radical (unpaired) electrons. The number of hydrogen-bond donors (Lipinski definition) is 2. The second kappa shape index (κ2) is 7.71. The van der Waals surface area contributed by atoms with Gasteiger partial charge in [0.2, 0.25) is 10.0 Å². The number of carbonyl (C=O) groups is 1. The third-order valence-electron chi connectivity index (χ3n) is 3.59. The number of carboxylic acids is 1. The molecular formula is C17H13ClF3NO4S. The van der Waals surface area contributed by atoms with Crippen LogP contribution in [0.4, 0.5) is 13.2 Å². The molecule has 1 atom stereocenters. The first kappa shape index (κ1) is 20.9. The second-order valence-corrected chi connectivity index (χ2v) is 7.52. The SMILES string of the molecule is C=C(C(=O)O)C(NS(=O)(=O)c1ccccc1Cl)c1ccc(C(F)(F)F)cc1. The highest BCUT2D eigenvalue weighted by Crippen LogP contribution is 2.32. The highest BCUT2D eigenvalue weighted by Gasteiger charge is 2.32. The van der Waals surface area contributed by atoms with Crippen molar-refractivity contribution in [3.05, 3.63) is 76.8 Å². The summed E-state index contributed by atoms with van der Waals surface area (Å²) in [5.41, 5.74) is -1.55. The summed E-state index contributed by atoms with van der Waals surface area (Å²) in [5, 5.41) is 9.08. The van der Waals surface area contributed by atoms with Gasteiger partial charge in [-0.3, -0.25) is 0 Å². The number of hydrogen-bond acceptors (Lipinski definition) is 3. The first-order valence-electron chi connectivity index (χ1n) is 7.29. The van der Waals surface area contributed by atoms with Crippen LogP contribution in [0.5, 0.6) is 0 Å². The number of halogens is 4. The summed E-state index contributed by atoms with van der Waals surface area (Å²) in [6.07, 6.45) is -4.59. The van der Waals surface area contributed by atoms with Crippen LogP contribution >= 0.6 is 11.6 Å². The summed E-state index contributed by atoms with van der Waals surface area (Å²) < 4.78 is 65.4. The third kappa shape index (κ3) is 4.88. The van der Waals surface area contributed by atoms with Crippen molar-refractivity contribution >= 4 is 27.6 Å². The van der Waals surface area contributed by atoms with E-state index in [1.807, 2.05) is 0 Å². The molecule has 2 aromatic carbocycles. The van der Waals surface area contributed by atoms with Crippen molar-refractivity contribution in [2.45, 2.75) is 17.1 Å². The molecule has 0 aliphatic carbocycles. The minimum absolute atomic E-state index is 0.0222. The van der Waals surface area contributed by atoms with Gasteiger partial charge < -0.3 is 5.11 Å². The van der Waals surface area contributed by atoms with E-state index in [0.29, 0.717) is 0 Å². The zero-order chi connectivity index (χ0) is 20.4. The van der Waals surface area contributed by atoms with Crippen molar-refractivity contribution in [1.82, 2.24) is 4.72 Å². The van der Waals surface area contributed by atoms with Crippen LogP contribution in [-0.2, 0) is 21.0 Å². The van der Waals surface area contributed by atoms with E-state index < -0.39 is 39.3 Å². The molecular weight excluding hydrogens is 407 g/mol. The van der Waals surface area contributed by atoms with E-state index in [1.165, 1.54) is 24.3 Å². The zero-order valence-electron chi connectivity index (χ0n) is 13.5. The second-order valence-electron chi connectivity index (χ2n) is 5.43. The average Bonchev–Trinajstić information content (AvgIpc) is 2.58. The van der Waals surface area contributed by atoms with Gasteiger partial charge in [0.1, 0.15) is 4.90 Å². The predicted octanol–water partition coefficient (Wildman–Crippen LogP) is 4.02. The lowest BCUT2D eigenvalue weighted by molar-refractivity contribution is -0.137. The number of aliphatic carboxylic acids is 1. The maximum Gasteiger partial charge on any atom is 0.416 e. The number of alkyl halides is 3. The molecule has 0 bridgehead atoms. The highest BCUT2D eigenvalue weighted by atomic mass is 35.5. The zero-order valence-corrected chi connectivity index (χ0v) is 15.1. The lowest BCUT2D eigenvalue weighted by Gasteiger charge is -2.20. The van der Waals surface area contributed by atoms with Gasteiger partial charge in [-0.1, -0.05) is 42.4 Å². The lowest BCUT2D eigenvalue weighted by atomic mass is 9.99. The maximum absolute atomic E-state index is 12.7. The van der Waals surface area contributed by atoms with Gasteiger partial charge in [0, 0.05) is 0 Å². The van der Waals surface area contributed by atoms with E-state index in [-0.39, 0.29) is 15.5 Å². The van der Waals surface area contributed by atoms with Gasteiger partial charge in [0.15, 0.2) is 0 Å². The van der Waals surface area contributed by atoms with E-state index in [9.17, 15) is 31.5 Å². The van der Waals surface area contributed by atoms with E-state index in [2.05, 4.69) is 11.3 Å². The van der Waals surface area contributed by atoms with Crippen LogP contribution in [0.15, 0.2) is 65.6 Å². The van der Waals surface area contributed by atoms with E-state index in [1.54, 1.807) is 0 Å². The molecule has 0 saturated heterocycles. The Morgan fingerprint density at radius 3 is 2.15 bits per heavy atom. The molecule has 0 aromatic heterocycles. The van der Waals surface area contributed by atoms with Crippen molar-refractivity contribution in [1.29, 1.82) is 0 Å². The fourth-order valence-electron chi connectivity index (χ4n) is 2.21. The van der Waals surface area contributed by atoms with Crippen LogP contribution in [-0.4, -0.2) is 19.5 Å². The van der Waals surface area contributed by atoms with E-state index in [4.69, 9.17) is 11.6 Å². The summed E-state index contributed by atoms with van der Waals surface area (Å²) in [7, 11) is -4.28. The van der Waals surface area contributed by atoms with Gasteiger partial charge >= 0.3 is 12.1 Å². The number of rotatable bonds is 6. The van der Waals surface area contributed by atoms with Crippen LogP contribution in [0.2, 0.25) is 5.02 Å². The fraction of sp³-hybridized carbons (Fsp3) is 0.118. The summed E-state index contributed by atoms with van der Waals surface area (Å²) in [5.74, 6) is -1.51. The average molecular weight is 420 g/mol. The van der Waals surface area contributed by atoms with Crippen molar-refractivity contribution in [2.24, 2.45) is 0 Å². The Morgan fingerprint density at radius 1 is 1.11 bits per heavy atom. The van der Waals surface area contributed by atoms with Gasteiger partial charge in [0.25, 0.3) is 0 Å². The summed E-state index contributed by atoms with van der Waals surface area (Å²) >= 11 is 5.87. The van der Waals surface area contributed by atoms with Gasteiger partial charge in [-0.2, -0.15) is 17.9 Å². The molecule has 2 N–H and O–H groups in total. The lowest BCUT2D eigenvalue weighted by Crippen LogP contribution is -2.32. The Bertz CT molecular complexity index is 972. The van der Waals surface area contributed by atoms with Gasteiger partial charge in [-0.05, 0) is 29.8 Å². The third-order valence-corrected chi connectivity index (χ3v) is 5.52. The van der Waals surface area contributed by atoms with Crippen LogP contribution in [0.25, 0.3) is 0 Å². The number of carboxylic acid groups (broad SMARTS) is 1. The van der Waals surface area contributed by atoms with Crippen LogP contribution < -0.4 is 4.72 Å². The Balaban J connectivity index is 2.46. The molecule has 0 aliphatic heterocycles. The van der Waals surface area contributed by atoms with Gasteiger partial charge in [-0.15, -0.1) is 0 Å². The molecule has 0 amide bonds. The molecule has 1 unspecified atom stereocenters. The number of nitrogens with one attached hydrogen (secondary N) is 1. The highest BCUT2D eigenvalue weighted by molar-refractivity contribution is 7.89. The molecule has 27 heavy (non-hydrogen) atoms. The van der Waals surface area contributed by atoms with Crippen molar-refractivity contribution in [2.75, 3.05) is 0 Å². The first-order chi connectivity index (χ1) is 12.4. The monoisotopic (exact) mass is 419 g/mol. The molecule has 0 heterocycles. The van der Waals surface area contributed by atoms with Gasteiger partial charge in [0.05, 0.1) is 22.2 Å². The number of sulfonamides is 1. The van der Waals surface area contributed by atoms with Crippen molar-refractivity contribution in [3.63, 3.8) is 0 Å². The molecule has 0 spiro atoms. The standard InChI is InChI=1S/C17H13ClF3NO4S/c1-10(16(23)24)15(11-6-8-12(9-7-11)17(19,20)21)22-27(25,26)14-5-3-2-4-13(14)18/h2-9,15,22H,1H2,(H,23,24). The molecule has 5 nitrogen and oxygen atoms in total. The van der Waals surface area contributed by atoms with E-state index >= 15 is 0 Å². The largest absolute Gasteiger partial charge is 0.478 e. The number of benzene rings is 2. The van der Waals surface area contributed by atoms with Crippen molar-refractivity contribution in [3.8, 4) is 0 Å². The summed E-state index contributed by atoms with van der Waals surface area (Å²) in [6.45, 7) is 3.32. The van der Waals surface area contributed by atoms with Crippen LogP contribution in [0, 0.1) is 0 Å². The molecule has 144 valence electrons. The topological polar surface area (TPSA) is 83.5 Å². The fourth-order valence-corrected chi connectivity index (χ4v) is 3.95. The Hall–Kier alpha value is -2.36.